The lowest BCUT2D eigenvalue weighted by molar-refractivity contribution is 0.697. The molecular formula is C18H18N6. The van der Waals surface area contributed by atoms with Gasteiger partial charge in [-0.2, -0.15) is 4.98 Å². The van der Waals surface area contributed by atoms with Gasteiger partial charge in [-0.15, -0.1) is 5.10 Å². The Balaban J connectivity index is 1.93. The molecule has 6 nitrogen and oxygen atoms in total. The number of hydrogen-bond acceptors (Lipinski definition) is 3. The smallest absolute Gasteiger partial charge is 0.228 e. The molecule has 1 heterocycles. The highest BCUT2D eigenvalue weighted by Gasteiger charge is 2.12. The van der Waals surface area contributed by atoms with Gasteiger partial charge in [-0.3, -0.25) is 10.7 Å². The molecule has 0 unspecified atom stereocenters. The van der Waals surface area contributed by atoms with E-state index in [0.717, 1.165) is 16.7 Å². The maximum absolute atomic E-state index is 7.45. The van der Waals surface area contributed by atoms with Crippen LogP contribution in [0.5, 0.6) is 0 Å². The zero-order valence-corrected chi connectivity index (χ0v) is 13.1. The van der Waals surface area contributed by atoms with Gasteiger partial charge in [0, 0.05) is 5.56 Å². The fraction of sp³-hybridized carbons (Fsp3) is 0.0556. The van der Waals surface area contributed by atoms with Crippen LogP contribution in [0.3, 0.4) is 0 Å². The van der Waals surface area contributed by atoms with Gasteiger partial charge in [-0.05, 0) is 11.1 Å². The summed E-state index contributed by atoms with van der Waals surface area (Å²) < 4.78 is 1.70. The second-order valence-corrected chi connectivity index (χ2v) is 5.27. The summed E-state index contributed by atoms with van der Waals surface area (Å²) in [6.45, 7) is 4.27. The lowest BCUT2D eigenvalue weighted by atomic mass is 10.1. The molecule has 0 amide bonds. The van der Waals surface area contributed by atoms with Crippen LogP contribution < -0.4 is 11.1 Å². The van der Waals surface area contributed by atoms with Crippen LogP contribution in [0.25, 0.3) is 17.5 Å². The van der Waals surface area contributed by atoms with E-state index in [1.165, 1.54) is 0 Å². The van der Waals surface area contributed by atoms with Gasteiger partial charge in [0.15, 0.2) is 11.8 Å². The number of rotatable bonds is 5. The predicted octanol–water partition coefficient (Wildman–Crippen LogP) is 2.94. The topological polar surface area (TPSA) is 92.6 Å². The van der Waals surface area contributed by atoms with Crippen molar-refractivity contribution in [1.82, 2.24) is 14.8 Å². The molecular weight excluding hydrogens is 300 g/mol. The molecule has 2 aromatic carbocycles. The fourth-order valence-corrected chi connectivity index (χ4v) is 2.31. The second kappa shape index (κ2) is 6.78. The molecule has 0 atom stereocenters. The first-order chi connectivity index (χ1) is 11.7. The third kappa shape index (κ3) is 3.49. The highest BCUT2D eigenvalue weighted by Crippen LogP contribution is 2.18. The molecule has 1 aromatic heterocycles. The zero-order chi connectivity index (χ0) is 16.9. The highest BCUT2D eigenvalue weighted by molar-refractivity contribution is 5.88. The third-order valence-electron chi connectivity index (χ3n) is 3.50. The maximum atomic E-state index is 7.45. The maximum Gasteiger partial charge on any atom is 0.228 e. The lowest BCUT2D eigenvalue weighted by Gasteiger charge is -2.07. The molecule has 4 N–H and O–H groups in total. The highest BCUT2D eigenvalue weighted by atomic mass is 15.4. The first-order valence-corrected chi connectivity index (χ1v) is 7.48. The van der Waals surface area contributed by atoms with Crippen LogP contribution in [0.15, 0.2) is 61.2 Å². The Morgan fingerprint density at radius 2 is 1.88 bits per heavy atom. The Bertz CT molecular complexity index is 849. The van der Waals surface area contributed by atoms with E-state index >= 15 is 0 Å². The molecule has 0 aliphatic heterocycles. The Morgan fingerprint density at radius 3 is 2.50 bits per heavy atom. The lowest BCUT2D eigenvalue weighted by Crippen LogP contribution is -2.23. The van der Waals surface area contributed by atoms with Gasteiger partial charge in [0.2, 0.25) is 5.95 Å². The van der Waals surface area contributed by atoms with E-state index < -0.39 is 0 Å². The molecule has 0 saturated heterocycles. The van der Waals surface area contributed by atoms with Crippen molar-refractivity contribution in [2.45, 2.75) is 6.54 Å². The standard InChI is InChI=1S/C18H18N6/c1-2-13-8-10-14(11-9-13)12-24-18(22-17(19)20)21-16(23-24)15-6-4-3-5-7-15/h2-11H,1,12H2,(H4,19,20,21,22,23). The van der Waals surface area contributed by atoms with Crippen molar-refractivity contribution in [3.63, 3.8) is 0 Å². The molecule has 0 fully saturated rings. The van der Waals surface area contributed by atoms with Crippen LogP contribution in [0.4, 0.5) is 5.95 Å². The van der Waals surface area contributed by atoms with E-state index in [-0.39, 0.29) is 5.96 Å². The number of nitrogens with two attached hydrogens (primary N) is 1. The van der Waals surface area contributed by atoms with Crippen molar-refractivity contribution < 1.29 is 0 Å². The fourth-order valence-electron chi connectivity index (χ4n) is 2.31. The first kappa shape index (κ1) is 15.5. The molecule has 0 bridgehead atoms. The Morgan fingerprint density at radius 1 is 1.17 bits per heavy atom. The van der Waals surface area contributed by atoms with Crippen molar-refractivity contribution in [2.75, 3.05) is 5.32 Å². The number of guanidine groups is 1. The van der Waals surface area contributed by atoms with Gasteiger partial charge < -0.3 is 5.73 Å². The average Bonchev–Trinajstić information content (AvgIpc) is 2.98. The monoisotopic (exact) mass is 318 g/mol. The van der Waals surface area contributed by atoms with Crippen molar-refractivity contribution in [2.24, 2.45) is 5.73 Å². The Labute approximate surface area is 140 Å². The Hall–Kier alpha value is -3.41. The molecule has 3 aromatic rings. The van der Waals surface area contributed by atoms with E-state index in [0.29, 0.717) is 18.3 Å². The van der Waals surface area contributed by atoms with E-state index in [2.05, 4.69) is 22.0 Å². The molecule has 3 rings (SSSR count). The largest absolute Gasteiger partial charge is 0.370 e. The first-order valence-electron chi connectivity index (χ1n) is 7.48. The van der Waals surface area contributed by atoms with E-state index in [1.807, 2.05) is 54.6 Å². The van der Waals surface area contributed by atoms with E-state index in [1.54, 1.807) is 10.8 Å². The quantitative estimate of drug-likeness (QED) is 0.498. The molecule has 0 spiro atoms. The van der Waals surface area contributed by atoms with Crippen molar-refractivity contribution in [1.29, 1.82) is 5.41 Å². The predicted molar refractivity (Wildman–Crippen MR) is 96.6 cm³/mol. The summed E-state index contributed by atoms with van der Waals surface area (Å²) in [7, 11) is 0. The van der Waals surface area contributed by atoms with Crippen molar-refractivity contribution in [3.8, 4) is 11.4 Å². The van der Waals surface area contributed by atoms with Crippen LogP contribution >= 0.6 is 0 Å². The second-order valence-electron chi connectivity index (χ2n) is 5.27. The number of aromatic nitrogens is 3. The SMILES string of the molecule is C=Cc1ccc(Cn2nc(-c3ccccc3)nc2NC(=N)N)cc1. The third-order valence-corrected chi connectivity index (χ3v) is 3.50. The van der Waals surface area contributed by atoms with Crippen LogP contribution in [-0.2, 0) is 6.54 Å². The molecule has 6 heteroatoms. The molecule has 0 radical (unpaired) electrons. The van der Waals surface area contributed by atoms with Gasteiger partial charge in [0.1, 0.15) is 0 Å². The number of hydrogen-bond donors (Lipinski definition) is 3. The van der Waals surface area contributed by atoms with Gasteiger partial charge >= 0.3 is 0 Å². The average molecular weight is 318 g/mol. The van der Waals surface area contributed by atoms with Crippen LogP contribution in [0.1, 0.15) is 11.1 Å². The molecule has 0 aliphatic carbocycles. The van der Waals surface area contributed by atoms with Crippen molar-refractivity contribution >= 4 is 18.0 Å². The Kier molecular flexibility index (Phi) is 4.38. The number of benzene rings is 2. The normalized spacial score (nSPS) is 10.3. The van der Waals surface area contributed by atoms with E-state index in [9.17, 15) is 0 Å². The molecule has 0 saturated carbocycles. The summed E-state index contributed by atoms with van der Waals surface area (Å²) in [6, 6.07) is 17.7. The molecule has 24 heavy (non-hydrogen) atoms. The molecule has 120 valence electrons. The summed E-state index contributed by atoms with van der Waals surface area (Å²) >= 11 is 0. The van der Waals surface area contributed by atoms with Gasteiger partial charge in [0.25, 0.3) is 0 Å². The summed E-state index contributed by atoms with van der Waals surface area (Å²) in [5, 5.41) is 14.7. The van der Waals surface area contributed by atoms with Crippen molar-refractivity contribution in [3.05, 3.63) is 72.3 Å². The number of nitrogens with zero attached hydrogens (tertiary/aromatic N) is 3. The zero-order valence-electron chi connectivity index (χ0n) is 13.1. The minimum absolute atomic E-state index is 0.176. The summed E-state index contributed by atoms with van der Waals surface area (Å²) in [6.07, 6.45) is 1.80. The summed E-state index contributed by atoms with van der Waals surface area (Å²) in [5.74, 6) is 0.849. The minimum atomic E-state index is -0.176. The summed E-state index contributed by atoms with van der Waals surface area (Å²) in [5.41, 5.74) is 8.49. The van der Waals surface area contributed by atoms with Gasteiger partial charge in [-0.25, -0.2) is 4.68 Å². The van der Waals surface area contributed by atoms with Crippen LogP contribution in [0, 0.1) is 5.41 Å². The van der Waals surface area contributed by atoms with Crippen LogP contribution in [-0.4, -0.2) is 20.7 Å². The van der Waals surface area contributed by atoms with Gasteiger partial charge in [-0.1, -0.05) is 67.3 Å². The molecule has 0 aliphatic rings. The number of nitrogens with one attached hydrogen (secondary N) is 2. The summed E-state index contributed by atoms with van der Waals surface area (Å²) in [4.78, 5) is 4.45. The van der Waals surface area contributed by atoms with Crippen LogP contribution in [0.2, 0.25) is 0 Å². The minimum Gasteiger partial charge on any atom is -0.370 e. The van der Waals surface area contributed by atoms with Gasteiger partial charge in [0.05, 0.1) is 6.54 Å². The number of anilines is 1. The van der Waals surface area contributed by atoms with E-state index in [4.69, 9.17) is 11.1 Å².